The van der Waals surface area contributed by atoms with Crippen LogP contribution >= 0.6 is 0 Å². The van der Waals surface area contributed by atoms with E-state index in [0.717, 1.165) is 5.64 Å². The average molecular weight is 461 g/mol. The van der Waals surface area contributed by atoms with Crippen LogP contribution in [0.1, 0.15) is 5.82 Å². The number of nitrogens with zero attached hydrogens (tertiary/aromatic N) is 14. The monoisotopic (exact) mass is 461 g/mol. The zero-order chi connectivity index (χ0) is 24.3. The topological polar surface area (TPSA) is 368 Å². The van der Waals surface area contributed by atoms with E-state index in [1.807, 2.05) is 0 Å². The van der Waals surface area contributed by atoms with Crippen molar-refractivity contribution < 1.29 is 40.5 Å². The molecule has 29 nitrogen and oxygen atoms in total. The van der Waals surface area contributed by atoms with Crippen LogP contribution in [0.2, 0.25) is 0 Å². The first-order valence-electron chi connectivity index (χ1n) is 6.21. The Hall–Kier alpha value is -5.45. The lowest BCUT2D eigenvalue weighted by molar-refractivity contribution is -0.944. The van der Waals surface area contributed by atoms with Crippen molar-refractivity contribution in [1.82, 2.24) is 46.6 Å². The Labute approximate surface area is 161 Å². The third-order valence-electron chi connectivity index (χ3n) is 2.82. The van der Waals surface area contributed by atoms with Crippen LogP contribution in [0.3, 0.4) is 0 Å². The summed E-state index contributed by atoms with van der Waals surface area (Å²) in [6.07, 6.45) is 0. The first-order valence-corrected chi connectivity index (χ1v) is 6.21. The van der Waals surface area contributed by atoms with Crippen LogP contribution in [-0.4, -0.2) is 81.5 Å². The highest BCUT2D eigenvalue weighted by atomic mass is 16.8. The SMILES string of the molecule is O=[N+]([O-])N1N([N+](=O)[O-])N([N+](=O)[O-])C(c2nnnn2[N+](=O)[O-])([N+](=O)[O-])N1[N+](=O)[O-].ONO. The number of hydrogen-bond acceptors (Lipinski definition) is 18. The standard InChI is InChI=1S/C2N14O12.H3NO2/c17-9(18)2(1-3-4-5-6(1)12(19)20)7(13(21)22)10(15(25)26)11(16(27)28)8(2)14(23)24;2-1-3/h;1-3H. The predicted molar refractivity (Wildman–Crippen MR) is 70.9 cm³/mol. The summed E-state index contributed by atoms with van der Waals surface area (Å²) in [6.45, 7) is 0. The second-order valence-electron chi connectivity index (χ2n) is 4.19. The first kappa shape index (κ1) is 23.6. The molecule has 0 amide bonds. The molecule has 1 saturated heterocycles. The molecule has 0 saturated carbocycles. The van der Waals surface area contributed by atoms with Gasteiger partial charge < -0.3 is 10.1 Å². The fourth-order valence-electron chi connectivity index (χ4n) is 2.01. The lowest BCUT2D eigenvalue weighted by Crippen LogP contribution is -2.63. The van der Waals surface area contributed by atoms with Gasteiger partial charge in [-0.25, -0.2) is 40.5 Å². The summed E-state index contributed by atoms with van der Waals surface area (Å²) in [5.41, 5.74) is 0.750. The maximum Gasteiger partial charge on any atom is 0.595 e. The zero-order valence-corrected chi connectivity index (χ0v) is 13.6. The van der Waals surface area contributed by atoms with Gasteiger partial charge >= 0.3 is 11.6 Å². The number of aromatic nitrogens is 4. The predicted octanol–water partition coefficient (Wildman–Crippen LogP) is -4.81. The molecule has 0 spiro atoms. The van der Waals surface area contributed by atoms with Crippen LogP contribution in [0.25, 0.3) is 0 Å². The van der Waals surface area contributed by atoms with Gasteiger partial charge in [0, 0.05) is 0 Å². The first-order chi connectivity index (χ1) is 14.3. The van der Waals surface area contributed by atoms with Crippen molar-refractivity contribution >= 4 is 0 Å². The molecule has 1 fully saturated rings. The third kappa shape index (κ3) is 3.40. The van der Waals surface area contributed by atoms with Gasteiger partial charge in [0.15, 0.2) is 20.3 Å². The van der Waals surface area contributed by atoms with Crippen LogP contribution in [0.15, 0.2) is 0 Å². The van der Waals surface area contributed by atoms with Crippen LogP contribution in [0.5, 0.6) is 0 Å². The molecule has 2 rings (SSSR count). The van der Waals surface area contributed by atoms with Crippen molar-refractivity contribution in [3.63, 3.8) is 0 Å². The van der Waals surface area contributed by atoms with E-state index in [-0.39, 0.29) is 0 Å². The van der Waals surface area contributed by atoms with E-state index in [9.17, 15) is 60.7 Å². The molecule has 1 aromatic heterocycles. The highest BCUT2D eigenvalue weighted by Gasteiger charge is 2.91. The third-order valence-corrected chi connectivity index (χ3v) is 2.82. The van der Waals surface area contributed by atoms with Crippen LogP contribution in [0.4, 0.5) is 0 Å². The Morgan fingerprint density at radius 2 is 1.13 bits per heavy atom. The van der Waals surface area contributed by atoms with Gasteiger partial charge in [0.1, 0.15) is 5.21 Å². The van der Waals surface area contributed by atoms with Crippen molar-refractivity contribution in [2.24, 2.45) is 0 Å². The summed E-state index contributed by atoms with van der Waals surface area (Å²) in [5.74, 6) is -6.46. The number of rotatable bonds is 7. The molecule has 0 aromatic carbocycles. The van der Waals surface area contributed by atoms with Gasteiger partial charge in [0.05, 0.1) is 14.7 Å². The van der Waals surface area contributed by atoms with Gasteiger partial charge in [0.2, 0.25) is 25.7 Å². The number of nitro groups is 6. The normalized spacial score (nSPS) is 14.5. The Balaban J connectivity index is 0.00000151. The quantitative estimate of drug-likeness (QED) is 0.253. The molecule has 2 heterocycles. The highest BCUT2D eigenvalue weighted by molar-refractivity contribution is 4.94. The molecular formula is C2H3N15O14. The molecule has 31 heavy (non-hydrogen) atoms. The second kappa shape index (κ2) is 8.28. The molecule has 29 heteroatoms. The fourth-order valence-corrected chi connectivity index (χ4v) is 2.01. The number of hydrogen-bond donors (Lipinski definition) is 3. The van der Waals surface area contributed by atoms with E-state index in [0.29, 0.717) is 0 Å². The fraction of sp³-hybridized carbons (Fsp3) is 0.500. The van der Waals surface area contributed by atoms with Crippen molar-refractivity contribution in [3.05, 3.63) is 66.5 Å². The molecular weight excluding hydrogens is 458 g/mol. The van der Waals surface area contributed by atoms with Crippen LogP contribution in [-0.2, 0) is 5.79 Å². The van der Waals surface area contributed by atoms with E-state index < -0.39 is 67.2 Å². The van der Waals surface area contributed by atoms with Gasteiger partial charge in [-0.1, -0.05) is 10.7 Å². The van der Waals surface area contributed by atoms with Crippen molar-refractivity contribution in [2.45, 2.75) is 5.79 Å². The van der Waals surface area contributed by atoms with Crippen LogP contribution in [0, 0.1) is 60.7 Å². The van der Waals surface area contributed by atoms with E-state index in [1.54, 1.807) is 0 Å². The summed E-state index contributed by atoms with van der Waals surface area (Å²) >= 11 is 0. The van der Waals surface area contributed by atoms with E-state index in [2.05, 4.69) is 15.5 Å². The maximum absolute atomic E-state index is 11.6. The minimum absolute atomic E-state index is 0.750. The summed E-state index contributed by atoms with van der Waals surface area (Å²) in [4.78, 5) is 64.4. The lowest BCUT2D eigenvalue weighted by atomic mass is 10.3. The molecule has 170 valence electrons. The molecule has 1 aliphatic rings. The molecule has 1 aliphatic heterocycles. The second-order valence-corrected chi connectivity index (χ2v) is 4.19. The molecule has 0 aliphatic carbocycles. The van der Waals surface area contributed by atoms with E-state index in [4.69, 9.17) is 10.4 Å². The Morgan fingerprint density at radius 1 is 0.742 bits per heavy atom. The molecule has 0 unspecified atom stereocenters. The van der Waals surface area contributed by atoms with E-state index >= 15 is 0 Å². The molecule has 0 radical (unpaired) electrons. The summed E-state index contributed by atoms with van der Waals surface area (Å²) < 4.78 is 0. The minimum Gasteiger partial charge on any atom is -0.339 e. The largest absolute Gasteiger partial charge is 0.595 e. The summed E-state index contributed by atoms with van der Waals surface area (Å²) in [6, 6.07) is 0. The van der Waals surface area contributed by atoms with Crippen molar-refractivity contribution in [1.29, 1.82) is 0 Å². The Morgan fingerprint density at radius 3 is 1.39 bits per heavy atom. The molecule has 3 N–H and O–H groups in total. The van der Waals surface area contributed by atoms with Crippen molar-refractivity contribution in [3.8, 4) is 0 Å². The summed E-state index contributed by atoms with van der Waals surface area (Å²) in [7, 11) is 0. The number of hydrazine groups is 7. The lowest BCUT2D eigenvalue weighted by Gasteiger charge is -2.17. The van der Waals surface area contributed by atoms with Gasteiger partial charge in [-0.15, -0.1) is 0 Å². The average Bonchev–Trinajstić information content (AvgIpc) is 3.23. The van der Waals surface area contributed by atoms with Gasteiger partial charge in [0.25, 0.3) is 0 Å². The molecule has 0 atom stereocenters. The smallest absolute Gasteiger partial charge is 0.339 e. The minimum atomic E-state index is -4.48. The summed E-state index contributed by atoms with van der Waals surface area (Å²) in [5, 5.41) is 73.7. The van der Waals surface area contributed by atoms with Crippen LogP contribution < -0.4 is 5.64 Å². The van der Waals surface area contributed by atoms with E-state index in [1.165, 1.54) is 0 Å². The maximum atomic E-state index is 11.6. The molecule has 0 bridgehead atoms. The Bertz CT molecular complexity index is 883. The number of tetrazole rings is 1. The number of nitrogens with one attached hydrogen (secondary N) is 1. The Kier molecular flexibility index (Phi) is 6.30. The van der Waals surface area contributed by atoms with Crippen molar-refractivity contribution in [2.75, 3.05) is 0 Å². The highest BCUT2D eigenvalue weighted by Crippen LogP contribution is 2.41. The van der Waals surface area contributed by atoms with Gasteiger partial charge in [-0.05, 0) is 0 Å². The molecule has 1 aromatic rings. The van der Waals surface area contributed by atoms with Gasteiger partial charge in [-0.2, -0.15) is 0 Å². The zero-order valence-electron chi connectivity index (χ0n) is 13.6. The van der Waals surface area contributed by atoms with Gasteiger partial charge in [-0.3, -0.25) is 20.5 Å².